The zero-order valence-corrected chi connectivity index (χ0v) is 19.4. The molecule has 1 aromatic heterocycles. The molecule has 3 heterocycles. The molecule has 35 heavy (non-hydrogen) atoms. The van der Waals surface area contributed by atoms with E-state index in [0.29, 0.717) is 5.82 Å². The molecule has 2 aromatic carbocycles. The van der Waals surface area contributed by atoms with Crippen molar-refractivity contribution < 1.29 is 24.1 Å². The van der Waals surface area contributed by atoms with Gasteiger partial charge in [0.15, 0.2) is 11.6 Å². The molecular formula is C26H28N4O5. The number of hydrogen-bond acceptors (Lipinski definition) is 8. The molecule has 0 atom stereocenters. The van der Waals surface area contributed by atoms with Crippen LogP contribution < -0.4 is 24.0 Å². The van der Waals surface area contributed by atoms with Gasteiger partial charge < -0.3 is 29.1 Å². The maximum absolute atomic E-state index is 11.0. The van der Waals surface area contributed by atoms with Crippen molar-refractivity contribution in [3.8, 4) is 17.2 Å². The van der Waals surface area contributed by atoms with Crippen LogP contribution in [0.3, 0.4) is 0 Å². The Labute approximate surface area is 204 Å². The molecule has 0 saturated carbocycles. The summed E-state index contributed by atoms with van der Waals surface area (Å²) < 4.78 is 16.6. The molecule has 0 spiro atoms. The Morgan fingerprint density at radius 1 is 0.886 bits per heavy atom. The second kappa shape index (κ2) is 10.5. The van der Waals surface area contributed by atoms with E-state index in [0.717, 1.165) is 68.6 Å². The number of anilines is 3. The number of aromatic nitrogens is 1. The van der Waals surface area contributed by atoms with Gasteiger partial charge in [-0.15, -0.1) is 0 Å². The van der Waals surface area contributed by atoms with E-state index in [1.807, 2.05) is 36.4 Å². The minimum Gasteiger partial charge on any atom is -0.455 e. The van der Waals surface area contributed by atoms with Gasteiger partial charge in [-0.25, -0.2) is 9.78 Å². The van der Waals surface area contributed by atoms with Gasteiger partial charge in [-0.1, -0.05) is 24.3 Å². The van der Waals surface area contributed by atoms with Crippen molar-refractivity contribution in [1.82, 2.24) is 9.88 Å². The van der Waals surface area contributed by atoms with Crippen molar-refractivity contribution in [1.29, 1.82) is 0 Å². The first-order valence-electron chi connectivity index (χ1n) is 11.7. The Hall–Kier alpha value is -3.98. The van der Waals surface area contributed by atoms with Crippen LogP contribution in [-0.2, 0) is 0 Å². The number of benzene rings is 2. The summed E-state index contributed by atoms with van der Waals surface area (Å²) in [5.41, 5.74) is 2.07. The van der Waals surface area contributed by atoms with E-state index >= 15 is 0 Å². The minimum absolute atomic E-state index is 0.182. The van der Waals surface area contributed by atoms with Crippen LogP contribution in [0.4, 0.5) is 22.0 Å². The van der Waals surface area contributed by atoms with E-state index in [9.17, 15) is 4.79 Å². The van der Waals surface area contributed by atoms with Crippen LogP contribution in [0.15, 0.2) is 66.9 Å². The van der Waals surface area contributed by atoms with Gasteiger partial charge in [0.05, 0.1) is 11.4 Å². The Balaban J connectivity index is 1.22. The summed E-state index contributed by atoms with van der Waals surface area (Å²) in [4.78, 5) is 22.1. The fraction of sp³-hybridized carbons (Fsp3) is 0.308. The number of carboxylic acid groups (broad SMARTS) is 1. The Morgan fingerprint density at radius 3 is 2.20 bits per heavy atom. The van der Waals surface area contributed by atoms with E-state index < -0.39 is 6.16 Å². The maximum atomic E-state index is 11.0. The third kappa shape index (κ3) is 5.25. The molecule has 9 heteroatoms. The minimum atomic E-state index is -1.33. The Kier molecular flexibility index (Phi) is 6.85. The molecule has 0 bridgehead atoms. The number of ether oxygens (including phenoxy) is 3. The third-order valence-electron chi connectivity index (χ3n) is 6.22. The standard InChI is InChI=1S/C26H28N4O5/c31-26(32)35-24-11-5-12-27-25(24)29-17-15-28(16-18-29)13-6-14-30-20-7-1-3-9-22(20)33-19-34-23-10-4-2-8-21(23)30/h1-5,7-12H,6,13-19H2,(H,31,32). The number of pyridine rings is 1. The average Bonchev–Trinajstić information content (AvgIpc) is 2.87. The first-order chi connectivity index (χ1) is 17.2. The number of piperazine rings is 1. The lowest BCUT2D eigenvalue weighted by Crippen LogP contribution is -2.47. The molecule has 1 saturated heterocycles. The number of para-hydroxylation sites is 4. The number of nitrogens with zero attached hydrogens (tertiary/aromatic N) is 4. The lowest BCUT2D eigenvalue weighted by atomic mass is 10.2. The van der Waals surface area contributed by atoms with Crippen molar-refractivity contribution in [2.24, 2.45) is 0 Å². The zero-order valence-electron chi connectivity index (χ0n) is 19.4. The van der Waals surface area contributed by atoms with Crippen LogP contribution in [0, 0.1) is 0 Å². The molecular weight excluding hydrogens is 448 g/mol. The summed E-state index contributed by atoms with van der Waals surface area (Å²) in [5, 5.41) is 9.00. The highest BCUT2D eigenvalue weighted by Crippen LogP contribution is 2.40. The van der Waals surface area contributed by atoms with Gasteiger partial charge in [0.2, 0.25) is 6.79 Å². The first-order valence-corrected chi connectivity index (χ1v) is 11.7. The van der Waals surface area contributed by atoms with E-state index in [2.05, 4.69) is 31.8 Å². The molecule has 1 fully saturated rings. The topological polar surface area (TPSA) is 87.6 Å². The van der Waals surface area contributed by atoms with Gasteiger partial charge in [0.25, 0.3) is 0 Å². The highest BCUT2D eigenvalue weighted by molar-refractivity contribution is 5.73. The lowest BCUT2D eigenvalue weighted by molar-refractivity contribution is 0.119. The van der Waals surface area contributed by atoms with Crippen molar-refractivity contribution in [2.45, 2.75) is 6.42 Å². The molecule has 2 aliphatic heterocycles. The van der Waals surface area contributed by atoms with Gasteiger partial charge in [-0.3, -0.25) is 4.90 Å². The van der Waals surface area contributed by atoms with E-state index in [-0.39, 0.29) is 12.5 Å². The van der Waals surface area contributed by atoms with Gasteiger partial charge in [0, 0.05) is 38.9 Å². The normalized spacial score (nSPS) is 15.7. The summed E-state index contributed by atoms with van der Waals surface area (Å²) in [6.45, 7) is 5.18. The largest absolute Gasteiger partial charge is 0.511 e. The van der Waals surface area contributed by atoms with Crippen LogP contribution >= 0.6 is 0 Å². The fourth-order valence-corrected chi connectivity index (χ4v) is 4.56. The van der Waals surface area contributed by atoms with E-state index in [1.54, 1.807) is 18.3 Å². The molecule has 0 unspecified atom stereocenters. The molecule has 0 amide bonds. The van der Waals surface area contributed by atoms with Crippen molar-refractivity contribution >= 4 is 23.3 Å². The molecule has 3 aromatic rings. The monoisotopic (exact) mass is 476 g/mol. The molecule has 1 N–H and O–H groups in total. The van der Waals surface area contributed by atoms with Crippen molar-refractivity contribution in [3.05, 3.63) is 66.9 Å². The molecule has 0 radical (unpaired) electrons. The van der Waals surface area contributed by atoms with Gasteiger partial charge in [-0.2, -0.15) is 0 Å². The van der Waals surface area contributed by atoms with Gasteiger partial charge in [-0.05, 0) is 49.4 Å². The number of carbonyl (C=O) groups is 1. The van der Waals surface area contributed by atoms with Gasteiger partial charge in [0.1, 0.15) is 11.5 Å². The Morgan fingerprint density at radius 2 is 1.54 bits per heavy atom. The highest BCUT2D eigenvalue weighted by Gasteiger charge is 2.23. The van der Waals surface area contributed by atoms with Crippen LogP contribution in [-0.4, -0.2) is 67.2 Å². The van der Waals surface area contributed by atoms with E-state index in [1.165, 1.54) is 0 Å². The molecule has 2 aliphatic rings. The maximum Gasteiger partial charge on any atom is 0.511 e. The molecule has 5 rings (SSSR count). The second-order valence-electron chi connectivity index (χ2n) is 8.37. The lowest BCUT2D eigenvalue weighted by Gasteiger charge is -2.36. The number of fused-ring (bicyclic) bond motifs is 2. The van der Waals surface area contributed by atoms with Crippen LogP contribution in [0.2, 0.25) is 0 Å². The number of hydrogen-bond donors (Lipinski definition) is 1. The predicted octanol–water partition coefficient (Wildman–Crippen LogP) is 4.22. The summed E-state index contributed by atoms with van der Waals surface area (Å²) in [6.07, 6.45) is 1.28. The fourth-order valence-electron chi connectivity index (χ4n) is 4.56. The summed E-state index contributed by atoms with van der Waals surface area (Å²) in [6, 6.07) is 19.4. The second-order valence-corrected chi connectivity index (χ2v) is 8.37. The highest BCUT2D eigenvalue weighted by atomic mass is 16.7. The van der Waals surface area contributed by atoms with E-state index in [4.69, 9.17) is 19.3 Å². The van der Waals surface area contributed by atoms with Crippen molar-refractivity contribution in [2.75, 3.05) is 55.9 Å². The van der Waals surface area contributed by atoms with Gasteiger partial charge >= 0.3 is 6.16 Å². The van der Waals surface area contributed by atoms with Crippen molar-refractivity contribution in [3.63, 3.8) is 0 Å². The molecule has 182 valence electrons. The molecule has 9 nitrogen and oxygen atoms in total. The van der Waals surface area contributed by atoms with Crippen LogP contribution in [0.5, 0.6) is 17.2 Å². The SMILES string of the molecule is O=C(O)Oc1cccnc1N1CCN(CCCN2c3ccccc3OCOc3ccccc32)CC1. The third-order valence-corrected chi connectivity index (χ3v) is 6.22. The first kappa shape index (κ1) is 22.8. The molecule has 0 aliphatic carbocycles. The Bertz CT molecular complexity index is 1120. The summed E-state index contributed by atoms with van der Waals surface area (Å²) in [7, 11) is 0. The van der Waals surface area contributed by atoms with Crippen LogP contribution in [0.25, 0.3) is 0 Å². The number of rotatable bonds is 6. The smallest absolute Gasteiger partial charge is 0.455 e. The average molecular weight is 477 g/mol. The summed E-state index contributed by atoms with van der Waals surface area (Å²) in [5.74, 6) is 2.46. The predicted molar refractivity (Wildman–Crippen MR) is 132 cm³/mol. The van der Waals surface area contributed by atoms with Crippen LogP contribution in [0.1, 0.15) is 6.42 Å². The summed E-state index contributed by atoms with van der Waals surface area (Å²) >= 11 is 0. The zero-order chi connectivity index (χ0) is 24.0. The quantitative estimate of drug-likeness (QED) is 0.526.